The summed E-state index contributed by atoms with van der Waals surface area (Å²) in [5.41, 5.74) is 7.04. The summed E-state index contributed by atoms with van der Waals surface area (Å²) in [7, 11) is 0. The Morgan fingerprint density at radius 1 is 1.35 bits per heavy atom. The van der Waals surface area contributed by atoms with Crippen molar-refractivity contribution in [1.82, 2.24) is 9.97 Å². The molecule has 4 N–H and O–H groups in total. The van der Waals surface area contributed by atoms with Gasteiger partial charge in [-0.15, -0.1) is 0 Å². The van der Waals surface area contributed by atoms with Gasteiger partial charge in [0.2, 0.25) is 0 Å². The molecule has 0 radical (unpaired) electrons. The lowest BCUT2D eigenvalue weighted by Gasteiger charge is -2.03. The van der Waals surface area contributed by atoms with Crippen LogP contribution in [0.2, 0.25) is 0 Å². The molecule has 0 spiro atoms. The first-order chi connectivity index (χ1) is 9.56. The summed E-state index contributed by atoms with van der Waals surface area (Å²) >= 11 is 0. The number of rotatable bonds is 3. The van der Waals surface area contributed by atoms with Crippen LogP contribution < -0.4 is 5.73 Å². The van der Waals surface area contributed by atoms with Crippen LogP contribution in [-0.4, -0.2) is 32.6 Å². The van der Waals surface area contributed by atoms with E-state index in [1.807, 2.05) is 6.07 Å². The van der Waals surface area contributed by atoms with Crippen LogP contribution >= 0.6 is 0 Å². The Balaban J connectivity index is 0.000000612. The second-order valence-electron chi connectivity index (χ2n) is 3.68. The summed E-state index contributed by atoms with van der Waals surface area (Å²) in [6.45, 7) is -0.250. The van der Waals surface area contributed by atoms with Gasteiger partial charge in [-0.3, -0.25) is 9.59 Å². The molecular weight excluding hydrogens is 262 g/mol. The van der Waals surface area contributed by atoms with Crippen LogP contribution in [0, 0.1) is 0 Å². The van der Waals surface area contributed by atoms with Gasteiger partial charge in [0.25, 0.3) is 6.47 Å². The lowest BCUT2D eigenvalue weighted by molar-refractivity contribution is -0.136. The Morgan fingerprint density at radius 3 is 2.65 bits per heavy atom. The van der Waals surface area contributed by atoms with Gasteiger partial charge in [-0.1, -0.05) is 18.2 Å². The van der Waals surface area contributed by atoms with Crippen molar-refractivity contribution in [3.63, 3.8) is 0 Å². The van der Waals surface area contributed by atoms with Crippen LogP contribution in [0.25, 0.3) is 11.4 Å². The molecule has 0 unspecified atom stereocenters. The van der Waals surface area contributed by atoms with Crippen molar-refractivity contribution in [2.45, 2.75) is 6.42 Å². The van der Waals surface area contributed by atoms with E-state index in [4.69, 9.17) is 20.7 Å². The van der Waals surface area contributed by atoms with Crippen molar-refractivity contribution >= 4 is 18.3 Å². The highest BCUT2D eigenvalue weighted by atomic mass is 16.4. The highest BCUT2D eigenvalue weighted by Crippen LogP contribution is 2.17. The molecule has 104 valence electrons. The molecule has 1 aromatic heterocycles. The smallest absolute Gasteiger partial charge is 0.307 e. The van der Waals surface area contributed by atoms with Crippen molar-refractivity contribution in [3.05, 3.63) is 42.1 Å². The molecule has 0 fully saturated rings. The van der Waals surface area contributed by atoms with Gasteiger partial charge in [0.05, 0.1) is 6.42 Å². The monoisotopic (exact) mass is 275 g/mol. The van der Waals surface area contributed by atoms with Gasteiger partial charge in [0.1, 0.15) is 5.82 Å². The Hall–Kier alpha value is -2.96. The van der Waals surface area contributed by atoms with Gasteiger partial charge < -0.3 is 15.9 Å². The van der Waals surface area contributed by atoms with Crippen molar-refractivity contribution in [3.8, 4) is 11.4 Å². The first-order valence-electron chi connectivity index (χ1n) is 5.54. The van der Waals surface area contributed by atoms with Crippen molar-refractivity contribution < 1.29 is 19.8 Å². The Bertz CT molecular complexity index is 602. The summed E-state index contributed by atoms with van der Waals surface area (Å²) in [5, 5.41) is 15.6. The van der Waals surface area contributed by atoms with Crippen LogP contribution in [0.15, 0.2) is 36.5 Å². The summed E-state index contributed by atoms with van der Waals surface area (Å²) in [4.78, 5) is 27.2. The van der Waals surface area contributed by atoms with Crippen LogP contribution in [-0.2, 0) is 16.0 Å². The molecule has 20 heavy (non-hydrogen) atoms. The van der Waals surface area contributed by atoms with E-state index < -0.39 is 5.97 Å². The molecule has 0 aliphatic carbocycles. The number of aliphatic carboxylic acids is 1. The third kappa shape index (κ3) is 4.73. The summed E-state index contributed by atoms with van der Waals surface area (Å²) in [6, 6.07) is 8.71. The van der Waals surface area contributed by atoms with E-state index >= 15 is 0 Å². The molecule has 0 aliphatic heterocycles. The summed E-state index contributed by atoms with van der Waals surface area (Å²) in [6.07, 6.45) is 1.55. The first-order valence-corrected chi connectivity index (χ1v) is 5.54. The molecule has 0 aliphatic rings. The normalized spacial score (nSPS) is 9.20. The second kappa shape index (κ2) is 7.47. The third-order valence-electron chi connectivity index (χ3n) is 2.22. The Morgan fingerprint density at radius 2 is 2.05 bits per heavy atom. The quantitative estimate of drug-likeness (QED) is 0.714. The third-order valence-corrected chi connectivity index (χ3v) is 2.22. The van der Waals surface area contributed by atoms with Crippen LogP contribution in [0.5, 0.6) is 0 Å². The molecule has 0 bridgehead atoms. The fourth-order valence-electron chi connectivity index (χ4n) is 1.51. The maximum atomic E-state index is 10.6. The zero-order valence-electron chi connectivity index (χ0n) is 10.4. The molecule has 0 saturated heterocycles. The number of carboxylic acids is 1. The summed E-state index contributed by atoms with van der Waals surface area (Å²) in [5.74, 6) is 0.0199. The minimum atomic E-state index is -0.865. The van der Waals surface area contributed by atoms with E-state index in [-0.39, 0.29) is 12.9 Å². The van der Waals surface area contributed by atoms with Gasteiger partial charge in [-0.2, -0.15) is 0 Å². The van der Waals surface area contributed by atoms with Crippen LogP contribution in [0.3, 0.4) is 0 Å². The van der Waals surface area contributed by atoms with E-state index in [0.717, 1.165) is 5.56 Å². The second-order valence-corrected chi connectivity index (χ2v) is 3.68. The number of carbonyl (C=O) groups is 2. The zero-order valence-corrected chi connectivity index (χ0v) is 10.4. The Labute approximate surface area is 114 Å². The number of aromatic nitrogens is 2. The maximum Gasteiger partial charge on any atom is 0.307 e. The van der Waals surface area contributed by atoms with Crippen LogP contribution in [0.4, 0.5) is 5.82 Å². The number of carboxylic acid groups (broad SMARTS) is 2. The van der Waals surface area contributed by atoms with Crippen molar-refractivity contribution in [1.29, 1.82) is 0 Å². The number of anilines is 1. The van der Waals surface area contributed by atoms with Gasteiger partial charge in [-0.25, -0.2) is 9.97 Å². The average Bonchev–Trinajstić information content (AvgIpc) is 2.39. The number of nitrogens with two attached hydrogens (primary N) is 1. The van der Waals surface area contributed by atoms with Gasteiger partial charge in [-0.05, 0) is 17.7 Å². The molecule has 0 amide bonds. The molecule has 2 rings (SSSR count). The number of hydrogen-bond donors (Lipinski definition) is 3. The maximum absolute atomic E-state index is 10.6. The Kier molecular flexibility index (Phi) is 5.64. The highest BCUT2D eigenvalue weighted by molar-refractivity contribution is 5.71. The zero-order chi connectivity index (χ0) is 15.0. The molecule has 7 nitrogen and oxygen atoms in total. The minimum absolute atomic E-state index is 0.0177. The topological polar surface area (TPSA) is 126 Å². The van der Waals surface area contributed by atoms with Gasteiger partial charge in [0, 0.05) is 11.8 Å². The number of nitrogens with zero attached hydrogens (tertiary/aromatic N) is 2. The van der Waals surface area contributed by atoms with Crippen LogP contribution in [0.1, 0.15) is 5.56 Å². The standard InChI is InChI=1S/C12H11N3O2.CH2O2/c13-10-4-5-14-12(15-10)9-3-1-2-8(6-9)7-11(16)17;2-1-3/h1-6H,7H2,(H,16,17)(H2,13,14,15);1H,(H,2,3). The fraction of sp³-hybridized carbons (Fsp3) is 0.0769. The number of nitrogen functional groups attached to an aromatic ring is 1. The van der Waals surface area contributed by atoms with Gasteiger partial charge in [0.15, 0.2) is 5.82 Å². The van der Waals surface area contributed by atoms with Gasteiger partial charge >= 0.3 is 5.97 Å². The summed E-state index contributed by atoms with van der Waals surface area (Å²) < 4.78 is 0. The lowest BCUT2D eigenvalue weighted by Crippen LogP contribution is -2.00. The fourth-order valence-corrected chi connectivity index (χ4v) is 1.51. The SMILES string of the molecule is Nc1ccnc(-c2cccc(CC(=O)O)c2)n1.O=CO. The van der Waals surface area contributed by atoms with E-state index in [1.54, 1.807) is 30.5 Å². The predicted octanol–water partition coefficient (Wildman–Crippen LogP) is 1.05. The lowest BCUT2D eigenvalue weighted by atomic mass is 10.1. The first kappa shape index (κ1) is 15.1. The van der Waals surface area contributed by atoms with Crippen molar-refractivity contribution in [2.24, 2.45) is 0 Å². The molecule has 1 aromatic carbocycles. The number of benzene rings is 1. The molecule has 7 heteroatoms. The predicted molar refractivity (Wildman–Crippen MR) is 71.9 cm³/mol. The van der Waals surface area contributed by atoms with E-state index in [1.165, 1.54) is 0 Å². The number of hydrogen-bond acceptors (Lipinski definition) is 5. The van der Waals surface area contributed by atoms with E-state index in [9.17, 15) is 4.79 Å². The van der Waals surface area contributed by atoms with E-state index in [2.05, 4.69) is 9.97 Å². The molecule has 0 saturated carbocycles. The van der Waals surface area contributed by atoms with E-state index in [0.29, 0.717) is 17.2 Å². The highest BCUT2D eigenvalue weighted by Gasteiger charge is 2.05. The minimum Gasteiger partial charge on any atom is -0.483 e. The molecule has 0 atom stereocenters. The molecule has 1 heterocycles. The van der Waals surface area contributed by atoms with Crippen molar-refractivity contribution in [2.75, 3.05) is 5.73 Å². The molecular formula is C13H13N3O4. The molecule has 2 aromatic rings. The average molecular weight is 275 g/mol. The largest absolute Gasteiger partial charge is 0.483 e.